The van der Waals surface area contributed by atoms with Gasteiger partial charge < -0.3 is 15.2 Å². The second kappa shape index (κ2) is 7.28. The summed E-state index contributed by atoms with van der Waals surface area (Å²) in [5, 5.41) is 12.1. The molecule has 2 rings (SSSR count). The van der Waals surface area contributed by atoms with E-state index >= 15 is 0 Å². The highest BCUT2D eigenvalue weighted by Gasteiger charge is 2.42. The number of alkyl halides is 3. The molecular formula is C16H19F3N2O4. The van der Waals surface area contributed by atoms with Crippen LogP contribution in [0.15, 0.2) is 18.3 Å². The molecule has 1 aliphatic carbocycles. The van der Waals surface area contributed by atoms with Crippen LogP contribution in [0.1, 0.15) is 43.0 Å². The Morgan fingerprint density at radius 3 is 2.80 bits per heavy atom. The number of carboxylic acid groups (broad SMARTS) is 1. The SMILES string of the molecule is CC1(NC(=O)c2ccnc(OCC(F)(F)F)c2)CCCCC1C(=O)O. The number of aromatic nitrogens is 1. The number of nitrogens with one attached hydrogen (secondary N) is 1. The number of rotatable bonds is 5. The molecule has 1 aliphatic rings. The Balaban J connectivity index is 2.11. The zero-order valence-electron chi connectivity index (χ0n) is 13.6. The minimum Gasteiger partial charge on any atom is -0.481 e. The average Bonchev–Trinajstić information content (AvgIpc) is 2.52. The van der Waals surface area contributed by atoms with Crippen molar-refractivity contribution in [2.75, 3.05) is 6.61 Å². The van der Waals surface area contributed by atoms with E-state index in [2.05, 4.69) is 15.0 Å². The first kappa shape index (κ1) is 19.0. The molecule has 0 spiro atoms. The lowest BCUT2D eigenvalue weighted by atomic mass is 9.73. The molecule has 6 nitrogen and oxygen atoms in total. The number of carboxylic acids is 1. The predicted octanol–water partition coefficient (Wildman–Crippen LogP) is 2.79. The predicted molar refractivity (Wildman–Crippen MR) is 81.3 cm³/mol. The second-order valence-corrected chi connectivity index (χ2v) is 6.29. The molecule has 0 aliphatic heterocycles. The molecule has 1 aromatic heterocycles. The number of ether oxygens (including phenoxy) is 1. The van der Waals surface area contributed by atoms with Crippen molar-refractivity contribution in [1.82, 2.24) is 10.3 Å². The van der Waals surface area contributed by atoms with Gasteiger partial charge in [-0.3, -0.25) is 9.59 Å². The maximum atomic E-state index is 12.4. The van der Waals surface area contributed by atoms with Gasteiger partial charge in [0.15, 0.2) is 6.61 Å². The minimum atomic E-state index is -4.51. The van der Waals surface area contributed by atoms with Crippen LogP contribution in [0.2, 0.25) is 0 Å². The van der Waals surface area contributed by atoms with Gasteiger partial charge in [0.25, 0.3) is 5.91 Å². The summed E-state index contributed by atoms with van der Waals surface area (Å²) in [4.78, 5) is 27.5. The van der Waals surface area contributed by atoms with Crippen LogP contribution < -0.4 is 10.1 Å². The summed E-state index contributed by atoms with van der Waals surface area (Å²) >= 11 is 0. The quantitative estimate of drug-likeness (QED) is 0.843. The number of aliphatic carboxylic acids is 1. The first-order chi connectivity index (χ1) is 11.6. The van der Waals surface area contributed by atoms with Crippen molar-refractivity contribution in [3.63, 3.8) is 0 Å². The lowest BCUT2D eigenvalue weighted by Gasteiger charge is -2.39. The van der Waals surface area contributed by atoms with E-state index < -0.39 is 36.1 Å². The number of hydrogen-bond acceptors (Lipinski definition) is 4. The van der Waals surface area contributed by atoms with Gasteiger partial charge in [0, 0.05) is 17.8 Å². The van der Waals surface area contributed by atoms with E-state index in [1.165, 1.54) is 12.3 Å². The molecule has 1 fully saturated rings. The van der Waals surface area contributed by atoms with Gasteiger partial charge in [-0.05, 0) is 25.8 Å². The Labute approximate surface area is 142 Å². The van der Waals surface area contributed by atoms with Crippen LogP contribution in [-0.4, -0.2) is 40.3 Å². The first-order valence-corrected chi connectivity index (χ1v) is 7.82. The summed E-state index contributed by atoms with van der Waals surface area (Å²) in [7, 11) is 0. The van der Waals surface area contributed by atoms with Gasteiger partial charge >= 0.3 is 12.1 Å². The fourth-order valence-corrected chi connectivity index (χ4v) is 3.00. The number of halogens is 3. The topological polar surface area (TPSA) is 88.5 Å². The molecular weight excluding hydrogens is 341 g/mol. The molecule has 0 radical (unpaired) electrons. The van der Waals surface area contributed by atoms with Crippen LogP contribution in [0, 0.1) is 5.92 Å². The number of hydrogen-bond donors (Lipinski definition) is 2. The standard InChI is InChI=1S/C16H19F3N2O4/c1-15(6-3-2-4-11(15)14(23)24)21-13(22)10-5-7-20-12(8-10)25-9-16(17,18)19/h5,7-8,11H,2-4,6,9H2,1H3,(H,21,22)(H,23,24). The van der Waals surface area contributed by atoms with Gasteiger partial charge in [-0.2, -0.15) is 13.2 Å². The van der Waals surface area contributed by atoms with Crippen LogP contribution in [0.25, 0.3) is 0 Å². The third-order valence-electron chi connectivity index (χ3n) is 4.29. The largest absolute Gasteiger partial charge is 0.481 e. The molecule has 1 amide bonds. The van der Waals surface area contributed by atoms with Gasteiger partial charge in [-0.1, -0.05) is 12.8 Å². The number of carbonyl (C=O) groups is 2. The first-order valence-electron chi connectivity index (χ1n) is 7.82. The maximum absolute atomic E-state index is 12.4. The third-order valence-corrected chi connectivity index (χ3v) is 4.29. The average molecular weight is 360 g/mol. The zero-order chi connectivity index (χ0) is 18.7. The molecule has 2 N–H and O–H groups in total. The van der Waals surface area contributed by atoms with Crippen molar-refractivity contribution in [1.29, 1.82) is 0 Å². The molecule has 138 valence electrons. The zero-order valence-corrected chi connectivity index (χ0v) is 13.6. The summed E-state index contributed by atoms with van der Waals surface area (Å²) < 4.78 is 41.1. The van der Waals surface area contributed by atoms with E-state index in [9.17, 15) is 27.9 Å². The monoisotopic (exact) mass is 360 g/mol. The summed E-state index contributed by atoms with van der Waals surface area (Å²) in [6.07, 6.45) is -0.812. The van der Waals surface area contributed by atoms with Crippen molar-refractivity contribution >= 4 is 11.9 Å². The molecule has 25 heavy (non-hydrogen) atoms. The van der Waals surface area contributed by atoms with Crippen LogP contribution in [0.5, 0.6) is 5.88 Å². The van der Waals surface area contributed by atoms with E-state index in [4.69, 9.17) is 0 Å². The Morgan fingerprint density at radius 1 is 1.44 bits per heavy atom. The lowest BCUT2D eigenvalue weighted by molar-refractivity contribution is -0.154. The number of pyridine rings is 1. The smallest absolute Gasteiger partial charge is 0.422 e. The number of amides is 1. The van der Waals surface area contributed by atoms with E-state index in [1.54, 1.807) is 6.92 Å². The molecule has 9 heteroatoms. The highest BCUT2D eigenvalue weighted by molar-refractivity contribution is 5.95. The molecule has 2 atom stereocenters. The van der Waals surface area contributed by atoms with Crippen LogP contribution >= 0.6 is 0 Å². The summed E-state index contributed by atoms with van der Waals surface area (Å²) in [6.45, 7) is 0.162. The Hall–Kier alpha value is -2.32. The second-order valence-electron chi connectivity index (χ2n) is 6.29. The van der Waals surface area contributed by atoms with E-state index in [1.807, 2.05) is 0 Å². The van der Waals surface area contributed by atoms with Gasteiger partial charge in [-0.15, -0.1) is 0 Å². The Morgan fingerprint density at radius 2 is 2.16 bits per heavy atom. The third kappa shape index (κ3) is 5.07. The molecule has 0 bridgehead atoms. The highest BCUT2D eigenvalue weighted by atomic mass is 19.4. The van der Waals surface area contributed by atoms with Gasteiger partial charge in [0.1, 0.15) is 0 Å². The Bertz CT molecular complexity index is 651. The molecule has 2 unspecified atom stereocenters. The normalized spacial score (nSPS) is 23.8. The van der Waals surface area contributed by atoms with Crippen LogP contribution in [0.4, 0.5) is 13.2 Å². The number of nitrogens with zero attached hydrogens (tertiary/aromatic N) is 1. The van der Waals surface area contributed by atoms with Gasteiger partial charge in [0.2, 0.25) is 5.88 Å². The van der Waals surface area contributed by atoms with Crippen molar-refractivity contribution in [3.05, 3.63) is 23.9 Å². The molecule has 1 saturated carbocycles. The molecule has 0 aromatic carbocycles. The molecule has 1 heterocycles. The van der Waals surface area contributed by atoms with Crippen LogP contribution in [-0.2, 0) is 4.79 Å². The lowest BCUT2D eigenvalue weighted by Crippen LogP contribution is -2.55. The van der Waals surface area contributed by atoms with Gasteiger partial charge in [-0.25, -0.2) is 4.98 Å². The van der Waals surface area contributed by atoms with Crippen LogP contribution in [0.3, 0.4) is 0 Å². The van der Waals surface area contributed by atoms with E-state index in [0.717, 1.165) is 18.9 Å². The fourth-order valence-electron chi connectivity index (χ4n) is 3.00. The maximum Gasteiger partial charge on any atom is 0.422 e. The van der Waals surface area contributed by atoms with E-state index in [0.29, 0.717) is 12.8 Å². The Kier molecular flexibility index (Phi) is 5.54. The fraction of sp³-hybridized carbons (Fsp3) is 0.562. The highest BCUT2D eigenvalue weighted by Crippen LogP contribution is 2.34. The minimum absolute atomic E-state index is 0.0584. The van der Waals surface area contributed by atoms with Crippen molar-refractivity contribution in [2.24, 2.45) is 5.92 Å². The van der Waals surface area contributed by atoms with E-state index in [-0.39, 0.29) is 11.4 Å². The molecule has 0 saturated heterocycles. The van der Waals surface area contributed by atoms with Crippen molar-refractivity contribution in [2.45, 2.75) is 44.3 Å². The van der Waals surface area contributed by atoms with Gasteiger partial charge in [0.05, 0.1) is 11.5 Å². The summed E-state index contributed by atoms with van der Waals surface area (Å²) in [6, 6.07) is 2.43. The van der Waals surface area contributed by atoms with Crippen molar-refractivity contribution < 1.29 is 32.6 Å². The summed E-state index contributed by atoms with van der Waals surface area (Å²) in [5.41, 5.74) is -0.861. The summed E-state index contributed by atoms with van der Waals surface area (Å²) in [5.74, 6) is -2.59. The van der Waals surface area contributed by atoms with Crippen molar-refractivity contribution in [3.8, 4) is 5.88 Å². The molecule has 1 aromatic rings. The number of carbonyl (C=O) groups excluding carboxylic acids is 1.